The Labute approximate surface area is 106 Å². The lowest BCUT2D eigenvalue weighted by Crippen LogP contribution is -2.19. The van der Waals surface area contributed by atoms with E-state index >= 15 is 0 Å². The number of aromatic nitrogens is 2. The number of benzene rings is 1. The van der Waals surface area contributed by atoms with Crippen LogP contribution in [0.4, 0.5) is 0 Å². The molecular formula is C13H17N3O2. The molecule has 0 radical (unpaired) electrons. The number of methoxy groups -OCH3 is 1. The zero-order chi connectivity index (χ0) is 13.2. The quantitative estimate of drug-likeness (QED) is 0.895. The predicted octanol–water partition coefficient (Wildman–Crippen LogP) is 2.08. The molecule has 0 saturated carbocycles. The van der Waals surface area contributed by atoms with Gasteiger partial charge in [0.05, 0.1) is 12.1 Å². The minimum absolute atomic E-state index is 0.252. The van der Waals surface area contributed by atoms with Gasteiger partial charge in [-0.05, 0) is 19.4 Å². The van der Waals surface area contributed by atoms with Crippen molar-refractivity contribution in [1.82, 2.24) is 10.1 Å². The molecule has 0 unspecified atom stereocenters. The molecule has 0 fully saturated rings. The highest BCUT2D eigenvalue weighted by atomic mass is 16.5. The zero-order valence-corrected chi connectivity index (χ0v) is 10.8. The van der Waals surface area contributed by atoms with E-state index in [1.54, 1.807) is 7.11 Å². The Morgan fingerprint density at radius 3 is 2.44 bits per heavy atom. The van der Waals surface area contributed by atoms with Crippen LogP contribution in [0.2, 0.25) is 0 Å². The molecular weight excluding hydrogens is 230 g/mol. The zero-order valence-electron chi connectivity index (χ0n) is 10.8. The van der Waals surface area contributed by atoms with E-state index in [2.05, 4.69) is 10.1 Å². The van der Waals surface area contributed by atoms with Crippen LogP contribution < -0.4 is 5.73 Å². The van der Waals surface area contributed by atoms with Gasteiger partial charge in [-0.3, -0.25) is 0 Å². The Bertz CT molecular complexity index is 517. The molecule has 2 rings (SSSR count). The standard InChI is InChI=1S/C13H17N3O2/c1-13(2,17-3)10-6-4-9(5-7-10)12-15-11(8-14)18-16-12/h4-7H,8,14H2,1-3H3. The van der Waals surface area contributed by atoms with Crippen LogP contribution >= 0.6 is 0 Å². The second kappa shape index (κ2) is 4.88. The van der Waals surface area contributed by atoms with Gasteiger partial charge in [-0.1, -0.05) is 29.4 Å². The first kappa shape index (κ1) is 12.7. The average molecular weight is 247 g/mol. The lowest BCUT2D eigenvalue weighted by Gasteiger charge is -2.23. The molecule has 18 heavy (non-hydrogen) atoms. The third-order valence-electron chi connectivity index (χ3n) is 2.99. The van der Waals surface area contributed by atoms with Crippen molar-refractivity contribution < 1.29 is 9.26 Å². The fraction of sp³-hybridized carbons (Fsp3) is 0.385. The highest BCUT2D eigenvalue weighted by Gasteiger charge is 2.19. The predicted molar refractivity (Wildman–Crippen MR) is 67.7 cm³/mol. The van der Waals surface area contributed by atoms with Crippen LogP contribution in [0.1, 0.15) is 25.3 Å². The summed E-state index contributed by atoms with van der Waals surface area (Å²) in [5, 5.41) is 3.87. The normalized spacial score (nSPS) is 11.8. The molecule has 5 heteroatoms. The van der Waals surface area contributed by atoms with E-state index in [0.717, 1.165) is 11.1 Å². The van der Waals surface area contributed by atoms with E-state index in [0.29, 0.717) is 11.7 Å². The Balaban J connectivity index is 2.27. The molecule has 1 aromatic heterocycles. The molecule has 0 spiro atoms. The first-order chi connectivity index (χ1) is 8.56. The lowest BCUT2D eigenvalue weighted by atomic mass is 9.97. The van der Waals surface area contributed by atoms with E-state index in [9.17, 15) is 0 Å². The van der Waals surface area contributed by atoms with Gasteiger partial charge in [0.15, 0.2) is 0 Å². The van der Waals surface area contributed by atoms with E-state index in [1.807, 2.05) is 38.1 Å². The number of nitrogens with zero attached hydrogens (tertiary/aromatic N) is 2. The summed E-state index contributed by atoms with van der Waals surface area (Å²) >= 11 is 0. The third-order valence-corrected chi connectivity index (χ3v) is 2.99. The molecule has 0 atom stereocenters. The van der Waals surface area contributed by atoms with Gasteiger partial charge in [0.1, 0.15) is 0 Å². The molecule has 0 aliphatic carbocycles. The molecule has 0 bridgehead atoms. The molecule has 0 saturated heterocycles. The van der Waals surface area contributed by atoms with Gasteiger partial charge in [0.2, 0.25) is 11.7 Å². The second-order valence-electron chi connectivity index (χ2n) is 4.51. The molecule has 2 aromatic rings. The van der Waals surface area contributed by atoms with Crippen molar-refractivity contribution in [1.29, 1.82) is 0 Å². The molecule has 0 aliphatic heterocycles. The maximum atomic E-state index is 5.43. The van der Waals surface area contributed by atoms with Crippen molar-refractivity contribution in [2.45, 2.75) is 26.0 Å². The maximum absolute atomic E-state index is 5.43. The number of hydrogen-bond acceptors (Lipinski definition) is 5. The highest BCUT2D eigenvalue weighted by molar-refractivity contribution is 5.55. The van der Waals surface area contributed by atoms with Crippen LogP contribution in [0.5, 0.6) is 0 Å². The van der Waals surface area contributed by atoms with E-state index in [1.165, 1.54) is 0 Å². The minimum Gasteiger partial charge on any atom is -0.374 e. The van der Waals surface area contributed by atoms with Crippen LogP contribution in [0.25, 0.3) is 11.4 Å². The van der Waals surface area contributed by atoms with Gasteiger partial charge in [-0.25, -0.2) is 0 Å². The van der Waals surface area contributed by atoms with Crippen molar-refractivity contribution in [3.63, 3.8) is 0 Å². The van der Waals surface area contributed by atoms with Crippen molar-refractivity contribution in [3.05, 3.63) is 35.7 Å². The molecule has 1 aromatic carbocycles. The topological polar surface area (TPSA) is 74.2 Å². The first-order valence-electron chi connectivity index (χ1n) is 5.75. The lowest BCUT2D eigenvalue weighted by molar-refractivity contribution is 0.0192. The molecule has 5 nitrogen and oxygen atoms in total. The van der Waals surface area contributed by atoms with Gasteiger partial charge in [0, 0.05) is 12.7 Å². The van der Waals surface area contributed by atoms with Gasteiger partial charge in [-0.2, -0.15) is 4.98 Å². The molecule has 0 amide bonds. The average Bonchev–Trinajstić information content (AvgIpc) is 2.87. The summed E-state index contributed by atoms with van der Waals surface area (Å²) in [6.45, 7) is 4.29. The summed E-state index contributed by atoms with van der Waals surface area (Å²) in [5.41, 5.74) is 7.11. The summed E-state index contributed by atoms with van der Waals surface area (Å²) in [6, 6.07) is 7.89. The first-order valence-corrected chi connectivity index (χ1v) is 5.75. The van der Waals surface area contributed by atoms with Crippen LogP contribution in [-0.4, -0.2) is 17.3 Å². The van der Waals surface area contributed by atoms with Crippen LogP contribution in [-0.2, 0) is 16.9 Å². The fourth-order valence-corrected chi connectivity index (χ4v) is 1.59. The van der Waals surface area contributed by atoms with Gasteiger partial charge < -0.3 is 15.0 Å². The molecule has 1 heterocycles. The van der Waals surface area contributed by atoms with Gasteiger partial charge in [-0.15, -0.1) is 0 Å². The number of hydrogen-bond donors (Lipinski definition) is 1. The van der Waals surface area contributed by atoms with E-state index < -0.39 is 0 Å². The molecule has 2 N–H and O–H groups in total. The van der Waals surface area contributed by atoms with Crippen LogP contribution in [0, 0.1) is 0 Å². The summed E-state index contributed by atoms with van der Waals surface area (Å²) < 4.78 is 10.4. The summed E-state index contributed by atoms with van der Waals surface area (Å²) in [5.74, 6) is 0.989. The number of nitrogens with two attached hydrogens (primary N) is 1. The Kier molecular flexibility index (Phi) is 3.45. The smallest absolute Gasteiger partial charge is 0.240 e. The van der Waals surface area contributed by atoms with Gasteiger partial charge >= 0.3 is 0 Å². The molecule has 0 aliphatic rings. The Morgan fingerprint density at radius 1 is 1.28 bits per heavy atom. The molecule has 96 valence electrons. The van der Waals surface area contributed by atoms with Crippen molar-refractivity contribution in [3.8, 4) is 11.4 Å². The second-order valence-corrected chi connectivity index (χ2v) is 4.51. The summed E-state index contributed by atoms with van der Waals surface area (Å²) in [4.78, 5) is 4.18. The Hall–Kier alpha value is -1.72. The SMILES string of the molecule is COC(C)(C)c1ccc(-c2noc(CN)n2)cc1. The maximum Gasteiger partial charge on any atom is 0.240 e. The summed E-state index contributed by atoms with van der Waals surface area (Å²) in [6.07, 6.45) is 0. The van der Waals surface area contributed by atoms with E-state index in [-0.39, 0.29) is 12.1 Å². The monoisotopic (exact) mass is 247 g/mol. The number of rotatable bonds is 4. The van der Waals surface area contributed by atoms with Crippen LogP contribution in [0.15, 0.2) is 28.8 Å². The van der Waals surface area contributed by atoms with E-state index in [4.69, 9.17) is 15.0 Å². The minimum atomic E-state index is -0.307. The van der Waals surface area contributed by atoms with Crippen LogP contribution in [0.3, 0.4) is 0 Å². The van der Waals surface area contributed by atoms with Crippen molar-refractivity contribution in [2.24, 2.45) is 5.73 Å². The largest absolute Gasteiger partial charge is 0.374 e. The summed E-state index contributed by atoms with van der Waals surface area (Å²) in [7, 11) is 1.70. The highest BCUT2D eigenvalue weighted by Crippen LogP contribution is 2.26. The fourth-order valence-electron chi connectivity index (χ4n) is 1.59. The third kappa shape index (κ3) is 2.42. The van der Waals surface area contributed by atoms with Crippen molar-refractivity contribution >= 4 is 0 Å². The van der Waals surface area contributed by atoms with Crippen molar-refractivity contribution in [2.75, 3.05) is 7.11 Å². The Morgan fingerprint density at radius 2 is 1.94 bits per heavy atom. The van der Waals surface area contributed by atoms with Gasteiger partial charge in [0.25, 0.3) is 0 Å². The number of ether oxygens (including phenoxy) is 1.